The second kappa shape index (κ2) is 8.34. The molecule has 3 heteroatoms. The van der Waals surface area contributed by atoms with E-state index in [-0.39, 0.29) is 12.2 Å². The zero-order valence-electron chi connectivity index (χ0n) is 12.0. The van der Waals surface area contributed by atoms with E-state index in [1.54, 1.807) is 25.2 Å². The number of carbonyl (C=O) groups is 1. The van der Waals surface area contributed by atoms with Crippen LogP contribution in [0.2, 0.25) is 0 Å². The second-order valence-corrected chi connectivity index (χ2v) is 4.01. The summed E-state index contributed by atoms with van der Waals surface area (Å²) in [5.41, 5.74) is 1.83. The van der Waals surface area contributed by atoms with Gasteiger partial charge in [-0.15, -0.1) is 0 Å². The summed E-state index contributed by atoms with van der Waals surface area (Å²) in [4.78, 5) is 12.0. The number of hydrogen-bond donors (Lipinski definition) is 0. The van der Waals surface area contributed by atoms with Crippen molar-refractivity contribution in [3.8, 4) is 6.07 Å². The molecule has 0 aromatic heterocycles. The van der Waals surface area contributed by atoms with Crippen LogP contribution in [0.4, 0.5) is 0 Å². The lowest BCUT2D eigenvalue weighted by Crippen LogP contribution is -2.09. The summed E-state index contributed by atoms with van der Waals surface area (Å²) < 4.78 is 4.96. The molecule has 0 saturated heterocycles. The first-order valence-electron chi connectivity index (χ1n) is 6.52. The Hall–Kier alpha value is -2.86. The average molecular weight is 279 g/mol. The SMILES string of the molecule is C=C/C=C(C=C)/C(=C(/C#N)C(=O)OCC)c1ccccc1. The molecule has 0 saturated carbocycles. The van der Waals surface area contributed by atoms with Crippen LogP contribution in [0.5, 0.6) is 0 Å². The van der Waals surface area contributed by atoms with Gasteiger partial charge in [0.05, 0.1) is 6.61 Å². The number of allylic oxidation sites excluding steroid dienone is 5. The normalized spacial score (nSPS) is 11.9. The van der Waals surface area contributed by atoms with Crippen LogP contribution in [0, 0.1) is 11.3 Å². The third-order valence-corrected chi connectivity index (χ3v) is 2.71. The molecule has 0 aliphatic rings. The summed E-state index contributed by atoms with van der Waals surface area (Å²) in [5.74, 6) is -0.643. The first-order valence-corrected chi connectivity index (χ1v) is 6.52. The number of benzene rings is 1. The summed E-state index contributed by atoms with van der Waals surface area (Å²) in [6, 6.07) is 11.1. The van der Waals surface area contributed by atoms with Crippen molar-refractivity contribution in [3.05, 3.63) is 78.4 Å². The molecule has 21 heavy (non-hydrogen) atoms. The van der Waals surface area contributed by atoms with Gasteiger partial charge in [-0.05, 0) is 18.1 Å². The topological polar surface area (TPSA) is 50.1 Å². The third-order valence-electron chi connectivity index (χ3n) is 2.71. The van der Waals surface area contributed by atoms with Gasteiger partial charge in [-0.2, -0.15) is 5.26 Å². The van der Waals surface area contributed by atoms with Gasteiger partial charge < -0.3 is 4.74 Å². The minimum atomic E-state index is -0.643. The zero-order valence-corrected chi connectivity index (χ0v) is 12.0. The Balaban J connectivity index is 3.61. The van der Waals surface area contributed by atoms with E-state index in [4.69, 9.17) is 4.74 Å². The predicted molar refractivity (Wildman–Crippen MR) is 84.1 cm³/mol. The zero-order chi connectivity index (χ0) is 15.7. The maximum Gasteiger partial charge on any atom is 0.349 e. The van der Waals surface area contributed by atoms with E-state index in [2.05, 4.69) is 13.2 Å². The highest BCUT2D eigenvalue weighted by Crippen LogP contribution is 2.28. The third kappa shape index (κ3) is 4.05. The van der Waals surface area contributed by atoms with E-state index in [1.807, 2.05) is 36.4 Å². The standard InChI is InChI=1S/C18H17NO2/c1-4-10-14(5-2)17(15-11-8-7-9-12-15)16(13-19)18(20)21-6-3/h4-5,7-12H,1-2,6H2,3H3/b14-10+,17-16+. The Morgan fingerprint density at radius 2 is 2.00 bits per heavy atom. The lowest BCUT2D eigenvalue weighted by Gasteiger charge is -2.11. The molecule has 1 rings (SSSR count). The van der Waals surface area contributed by atoms with Crippen molar-refractivity contribution in [1.29, 1.82) is 5.26 Å². The highest BCUT2D eigenvalue weighted by atomic mass is 16.5. The molecule has 0 bridgehead atoms. The van der Waals surface area contributed by atoms with Crippen LogP contribution in [0.1, 0.15) is 12.5 Å². The smallest absolute Gasteiger partial charge is 0.349 e. The van der Waals surface area contributed by atoms with E-state index in [9.17, 15) is 10.1 Å². The fraction of sp³-hybridized carbons (Fsp3) is 0.111. The Morgan fingerprint density at radius 1 is 1.33 bits per heavy atom. The lowest BCUT2D eigenvalue weighted by molar-refractivity contribution is -0.137. The van der Waals surface area contributed by atoms with E-state index in [1.165, 1.54) is 0 Å². The molecule has 0 fully saturated rings. The summed E-state index contributed by atoms with van der Waals surface area (Å²) in [6.07, 6.45) is 4.87. The minimum absolute atomic E-state index is 0.0453. The van der Waals surface area contributed by atoms with Gasteiger partial charge in [-0.1, -0.05) is 61.7 Å². The van der Waals surface area contributed by atoms with E-state index in [0.717, 1.165) is 5.56 Å². The van der Waals surface area contributed by atoms with Gasteiger partial charge in [0.15, 0.2) is 0 Å². The molecular weight excluding hydrogens is 262 g/mol. The molecule has 0 amide bonds. The Bertz CT molecular complexity index is 631. The Labute approximate surface area is 125 Å². The molecule has 106 valence electrons. The predicted octanol–water partition coefficient (Wildman–Crippen LogP) is 3.83. The number of esters is 1. The lowest BCUT2D eigenvalue weighted by atomic mass is 9.93. The first kappa shape index (κ1) is 16.2. The van der Waals surface area contributed by atoms with E-state index in [0.29, 0.717) is 11.1 Å². The maximum atomic E-state index is 12.0. The van der Waals surface area contributed by atoms with Crippen LogP contribution in [0.15, 0.2) is 72.9 Å². The van der Waals surface area contributed by atoms with Gasteiger partial charge in [0.2, 0.25) is 0 Å². The number of rotatable bonds is 6. The number of nitriles is 1. The van der Waals surface area contributed by atoms with Gasteiger partial charge in [0.1, 0.15) is 11.6 Å². The van der Waals surface area contributed by atoms with Crippen LogP contribution in [0.3, 0.4) is 0 Å². The van der Waals surface area contributed by atoms with Crippen molar-refractivity contribution >= 4 is 11.5 Å². The monoisotopic (exact) mass is 279 g/mol. The van der Waals surface area contributed by atoms with Crippen LogP contribution < -0.4 is 0 Å². The van der Waals surface area contributed by atoms with Crippen LogP contribution in [0.25, 0.3) is 5.57 Å². The van der Waals surface area contributed by atoms with Crippen LogP contribution in [-0.4, -0.2) is 12.6 Å². The van der Waals surface area contributed by atoms with Gasteiger partial charge >= 0.3 is 5.97 Å². The molecule has 0 atom stereocenters. The van der Waals surface area contributed by atoms with Crippen molar-refractivity contribution in [2.75, 3.05) is 6.61 Å². The minimum Gasteiger partial charge on any atom is -0.462 e. The first-order chi connectivity index (χ1) is 10.2. The van der Waals surface area contributed by atoms with Crippen molar-refractivity contribution < 1.29 is 9.53 Å². The van der Waals surface area contributed by atoms with Gasteiger partial charge in [0, 0.05) is 5.57 Å². The quantitative estimate of drug-likeness (QED) is 0.344. The molecule has 0 N–H and O–H groups in total. The largest absolute Gasteiger partial charge is 0.462 e. The Kier molecular flexibility index (Phi) is 6.43. The second-order valence-electron chi connectivity index (χ2n) is 4.01. The molecule has 0 radical (unpaired) electrons. The molecular formula is C18H17NO2. The molecule has 0 unspecified atom stereocenters. The highest BCUT2D eigenvalue weighted by Gasteiger charge is 2.19. The molecule has 1 aromatic rings. The van der Waals surface area contributed by atoms with Gasteiger partial charge in [-0.3, -0.25) is 0 Å². The average Bonchev–Trinajstić information content (AvgIpc) is 2.51. The fourth-order valence-electron chi connectivity index (χ4n) is 1.85. The van der Waals surface area contributed by atoms with Crippen molar-refractivity contribution in [1.82, 2.24) is 0 Å². The molecule has 0 spiro atoms. The number of carbonyl (C=O) groups excluding carboxylic acids is 1. The van der Waals surface area contributed by atoms with E-state index >= 15 is 0 Å². The highest BCUT2D eigenvalue weighted by molar-refractivity contribution is 6.05. The van der Waals surface area contributed by atoms with Crippen molar-refractivity contribution in [2.24, 2.45) is 0 Å². The van der Waals surface area contributed by atoms with Gasteiger partial charge in [0.25, 0.3) is 0 Å². The van der Waals surface area contributed by atoms with Crippen molar-refractivity contribution in [2.45, 2.75) is 6.92 Å². The Morgan fingerprint density at radius 3 is 2.48 bits per heavy atom. The number of nitrogens with zero attached hydrogens (tertiary/aromatic N) is 1. The van der Waals surface area contributed by atoms with E-state index < -0.39 is 5.97 Å². The molecule has 0 aliphatic carbocycles. The molecule has 3 nitrogen and oxygen atoms in total. The molecule has 1 aromatic carbocycles. The molecule has 0 aliphatic heterocycles. The number of ether oxygens (including phenoxy) is 1. The van der Waals surface area contributed by atoms with Crippen LogP contribution >= 0.6 is 0 Å². The fourth-order valence-corrected chi connectivity index (χ4v) is 1.85. The van der Waals surface area contributed by atoms with Crippen molar-refractivity contribution in [3.63, 3.8) is 0 Å². The number of hydrogen-bond acceptors (Lipinski definition) is 3. The maximum absolute atomic E-state index is 12.0. The van der Waals surface area contributed by atoms with Gasteiger partial charge in [-0.25, -0.2) is 4.79 Å². The summed E-state index contributed by atoms with van der Waals surface area (Å²) in [6.45, 7) is 9.29. The summed E-state index contributed by atoms with van der Waals surface area (Å²) in [7, 11) is 0. The summed E-state index contributed by atoms with van der Waals surface area (Å²) >= 11 is 0. The van der Waals surface area contributed by atoms with Crippen LogP contribution in [-0.2, 0) is 9.53 Å². The summed E-state index contributed by atoms with van der Waals surface area (Å²) in [5, 5.41) is 9.37. The molecule has 0 heterocycles.